The molecule has 1 aliphatic rings. The molecule has 6 heteroatoms. The van der Waals surface area contributed by atoms with Gasteiger partial charge in [-0.15, -0.1) is 24.0 Å². The van der Waals surface area contributed by atoms with Crippen LogP contribution >= 0.6 is 35.6 Å². The van der Waals surface area contributed by atoms with Crippen molar-refractivity contribution in [3.05, 3.63) is 29.0 Å². The van der Waals surface area contributed by atoms with Crippen molar-refractivity contribution in [3.8, 4) is 0 Å². The Bertz CT molecular complexity index is 458. The molecule has 0 aromatic carbocycles. The van der Waals surface area contributed by atoms with Gasteiger partial charge in [-0.2, -0.15) is 0 Å². The molecule has 130 valence electrons. The molecule has 1 fully saturated rings. The van der Waals surface area contributed by atoms with Crippen molar-refractivity contribution in [1.82, 2.24) is 15.6 Å². The highest BCUT2D eigenvalue weighted by molar-refractivity contribution is 14.0. The summed E-state index contributed by atoms with van der Waals surface area (Å²) in [5, 5.41) is 7.22. The van der Waals surface area contributed by atoms with E-state index in [0.717, 1.165) is 30.5 Å². The zero-order valence-corrected chi connectivity index (χ0v) is 16.9. The number of aliphatic imine (C=N–C) groups is 1. The lowest BCUT2D eigenvalue weighted by molar-refractivity contribution is 0.481. The summed E-state index contributed by atoms with van der Waals surface area (Å²) in [6.45, 7) is 4.55. The fraction of sp³-hybridized carbons (Fsp3) is 0.647. The fourth-order valence-electron chi connectivity index (χ4n) is 2.91. The van der Waals surface area contributed by atoms with E-state index in [9.17, 15) is 0 Å². The first-order chi connectivity index (χ1) is 10.8. The van der Waals surface area contributed by atoms with Gasteiger partial charge >= 0.3 is 0 Å². The lowest BCUT2D eigenvalue weighted by atomic mass is 10.0. The first kappa shape index (κ1) is 20.5. The Labute approximate surface area is 161 Å². The van der Waals surface area contributed by atoms with Crippen LogP contribution < -0.4 is 10.6 Å². The average Bonchev–Trinajstić information content (AvgIpc) is 3.04. The average molecular weight is 451 g/mol. The third-order valence-electron chi connectivity index (χ3n) is 4.11. The highest BCUT2D eigenvalue weighted by Crippen LogP contribution is 2.28. The van der Waals surface area contributed by atoms with Crippen molar-refractivity contribution >= 4 is 41.5 Å². The zero-order chi connectivity index (χ0) is 15.6. The third kappa shape index (κ3) is 8.20. The van der Waals surface area contributed by atoms with Crippen LogP contribution in [0.3, 0.4) is 0 Å². The summed E-state index contributed by atoms with van der Waals surface area (Å²) in [5.41, 5.74) is 1.06. The lowest BCUT2D eigenvalue weighted by Gasteiger charge is -2.13. The second-order valence-corrected chi connectivity index (χ2v) is 6.29. The van der Waals surface area contributed by atoms with Crippen LogP contribution in [0.5, 0.6) is 0 Å². The molecule has 1 saturated carbocycles. The first-order valence-corrected chi connectivity index (χ1v) is 8.78. The van der Waals surface area contributed by atoms with Crippen LogP contribution in [0.4, 0.5) is 0 Å². The van der Waals surface area contributed by atoms with Gasteiger partial charge in [0.2, 0.25) is 0 Å². The van der Waals surface area contributed by atoms with Crippen LogP contribution in [-0.4, -0.2) is 24.0 Å². The van der Waals surface area contributed by atoms with E-state index in [4.69, 9.17) is 11.6 Å². The Morgan fingerprint density at radius 3 is 2.74 bits per heavy atom. The molecule has 1 aromatic heterocycles. The number of nitrogens with zero attached hydrogens (tertiary/aromatic N) is 2. The van der Waals surface area contributed by atoms with Crippen molar-refractivity contribution in [3.63, 3.8) is 0 Å². The molecule has 0 amide bonds. The van der Waals surface area contributed by atoms with Gasteiger partial charge in [0.1, 0.15) is 5.15 Å². The summed E-state index contributed by atoms with van der Waals surface area (Å²) < 4.78 is 0. The molecule has 0 radical (unpaired) electrons. The molecule has 0 aliphatic heterocycles. The van der Waals surface area contributed by atoms with Crippen molar-refractivity contribution in [1.29, 1.82) is 0 Å². The number of pyridine rings is 1. The van der Waals surface area contributed by atoms with Gasteiger partial charge in [0.05, 0.1) is 6.54 Å². The molecular formula is C17H28ClIN4. The second-order valence-electron chi connectivity index (χ2n) is 5.90. The summed E-state index contributed by atoms with van der Waals surface area (Å²) >= 11 is 5.79. The predicted octanol–water partition coefficient (Wildman–Crippen LogP) is 4.38. The Morgan fingerprint density at radius 1 is 1.30 bits per heavy atom. The van der Waals surface area contributed by atoms with Gasteiger partial charge in [-0.05, 0) is 37.3 Å². The largest absolute Gasteiger partial charge is 0.357 e. The molecule has 0 unspecified atom stereocenters. The number of hydrogen-bond donors (Lipinski definition) is 2. The summed E-state index contributed by atoms with van der Waals surface area (Å²) in [4.78, 5) is 8.67. The molecule has 4 nitrogen and oxygen atoms in total. The smallest absolute Gasteiger partial charge is 0.191 e. The van der Waals surface area contributed by atoms with E-state index in [1.807, 2.05) is 6.07 Å². The van der Waals surface area contributed by atoms with Crippen LogP contribution in [0.1, 0.15) is 51.0 Å². The second kappa shape index (κ2) is 11.9. The van der Waals surface area contributed by atoms with Gasteiger partial charge in [-0.3, -0.25) is 0 Å². The minimum absolute atomic E-state index is 0. The predicted molar refractivity (Wildman–Crippen MR) is 109 cm³/mol. The molecule has 2 N–H and O–H groups in total. The Kier molecular flexibility index (Phi) is 10.6. The third-order valence-corrected chi connectivity index (χ3v) is 4.33. The summed E-state index contributed by atoms with van der Waals surface area (Å²) in [6, 6.07) is 3.76. The van der Waals surface area contributed by atoms with Crippen LogP contribution in [0, 0.1) is 5.92 Å². The van der Waals surface area contributed by atoms with E-state index in [2.05, 4.69) is 27.5 Å². The molecule has 1 heterocycles. The maximum Gasteiger partial charge on any atom is 0.191 e. The minimum Gasteiger partial charge on any atom is -0.357 e. The Hall–Kier alpha value is -0.560. The van der Waals surface area contributed by atoms with Gasteiger partial charge in [0.25, 0.3) is 0 Å². The molecule has 0 bridgehead atoms. The number of hydrogen-bond acceptors (Lipinski definition) is 2. The van der Waals surface area contributed by atoms with E-state index in [-0.39, 0.29) is 24.0 Å². The van der Waals surface area contributed by atoms with Crippen molar-refractivity contribution in [2.24, 2.45) is 10.9 Å². The first-order valence-electron chi connectivity index (χ1n) is 8.40. The fourth-order valence-corrected chi connectivity index (χ4v) is 3.02. The highest BCUT2D eigenvalue weighted by atomic mass is 127. The number of aromatic nitrogens is 1. The lowest BCUT2D eigenvalue weighted by Crippen LogP contribution is -2.37. The SMILES string of the molecule is CCNC(=NCc1ccc(Cl)nc1)NCCCC1CCCC1.I. The maximum absolute atomic E-state index is 5.79. The molecule has 2 rings (SSSR count). The highest BCUT2D eigenvalue weighted by Gasteiger charge is 2.13. The van der Waals surface area contributed by atoms with Crippen molar-refractivity contribution < 1.29 is 0 Å². The molecule has 23 heavy (non-hydrogen) atoms. The quantitative estimate of drug-likeness (QED) is 0.213. The van der Waals surface area contributed by atoms with Gasteiger partial charge in [-0.1, -0.05) is 43.4 Å². The molecule has 0 atom stereocenters. The Morgan fingerprint density at radius 2 is 2.09 bits per heavy atom. The minimum atomic E-state index is 0. The van der Waals surface area contributed by atoms with Crippen LogP contribution in [0.2, 0.25) is 5.15 Å². The van der Waals surface area contributed by atoms with Crippen molar-refractivity contribution in [2.75, 3.05) is 13.1 Å². The number of rotatable bonds is 7. The zero-order valence-electron chi connectivity index (χ0n) is 13.9. The van der Waals surface area contributed by atoms with Crippen LogP contribution in [0.25, 0.3) is 0 Å². The van der Waals surface area contributed by atoms with E-state index < -0.39 is 0 Å². The summed E-state index contributed by atoms with van der Waals surface area (Å²) in [5.74, 6) is 1.84. The van der Waals surface area contributed by atoms with Gasteiger partial charge < -0.3 is 10.6 Å². The van der Waals surface area contributed by atoms with Crippen molar-refractivity contribution in [2.45, 2.75) is 52.0 Å². The van der Waals surface area contributed by atoms with Gasteiger partial charge in [0, 0.05) is 19.3 Å². The normalized spacial score (nSPS) is 15.3. The number of nitrogens with one attached hydrogen (secondary N) is 2. The van der Waals surface area contributed by atoms with E-state index >= 15 is 0 Å². The summed E-state index contributed by atoms with van der Waals surface area (Å²) in [6.07, 6.45) is 10.0. The molecule has 0 spiro atoms. The standard InChI is InChI=1S/C17H27ClN4.HI/c1-2-19-17(20-11-5-8-14-6-3-4-7-14)22-13-15-9-10-16(18)21-12-15;/h9-10,12,14H,2-8,11,13H2,1H3,(H2,19,20,22);1H. The molecule has 1 aromatic rings. The van der Waals surface area contributed by atoms with E-state index in [1.54, 1.807) is 12.3 Å². The monoisotopic (exact) mass is 450 g/mol. The number of guanidine groups is 1. The molecule has 1 aliphatic carbocycles. The van der Waals surface area contributed by atoms with Gasteiger partial charge in [-0.25, -0.2) is 9.98 Å². The molecular weight excluding hydrogens is 423 g/mol. The van der Waals surface area contributed by atoms with Gasteiger partial charge in [0.15, 0.2) is 5.96 Å². The topological polar surface area (TPSA) is 49.3 Å². The van der Waals surface area contributed by atoms with Crippen LogP contribution in [0.15, 0.2) is 23.3 Å². The van der Waals surface area contributed by atoms with Crippen LogP contribution in [-0.2, 0) is 6.54 Å². The van der Waals surface area contributed by atoms with E-state index in [0.29, 0.717) is 11.7 Å². The Balaban J connectivity index is 0.00000264. The summed E-state index contributed by atoms with van der Waals surface area (Å²) in [7, 11) is 0. The molecule has 0 saturated heterocycles. The van der Waals surface area contributed by atoms with E-state index in [1.165, 1.54) is 38.5 Å². The maximum atomic E-state index is 5.79. The number of halogens is 2.